The number of hydrogen-bond donors (Lipinski definition) is 1. The number of rotatable bonds is 9. The normalized spacial score (nSPS) is 38.5. The summed E-state index contributed by atoms with van der Waals surface area (Å²) in [5.41, 5.74) is 2.52. The number of carbonyl (C=O) groups is 1. The van der Waals surface area contributed by atoms with Gasteiger partial charge in [-0.3, -0.25) is 0 Å². The molecule has 0 saturated heterocycles. The van der Waals surface area contributed by atoms with Gasteiger partial charge in [-0.2, -0.15) is 0 Å². The molecular weight excluding hydrogens is 492 g/mol. The molecule has 40 heavy (non-hydrogen) atoms. The van der Waals surface area contributed by atoms with E-state index in [2.05, 4.69) is 47.6 Å². The maximum Gasteiger partial charge on any atom is 0.338 e. The minimum absolute atomic E-state index is 0.0319. The van der Waals surface area contributed by atoms with Gasteiger partial charge in [0.2, 0.25) is 0 Å². The Kier molecular flexibility index (Phi) is 8.65. The van der Waals surface area contributed by atoms with E-state index in [4.69, 9.17) is 4.74 Å². The fourth-order valence-electron chi connectivity index (χ4n) is 10.4. The summed E-state index contributed by atoms with van der Waals surface area (Å²) in [6, 6.07) is 9.45. The Morgan fingerprint density at radius 2 is 1.73 bits per heavy atom. The average molecular weight is 549 g/mol. The molecule has 3 heteroatoms. The van der Waals surface area contributed by atoms with Gasteiger partial charge in [0, 0.05) is 0 Å². The highest BCUT2D eigenvalue weighted by atomic mass is 16.5. The molecule has 222 valence electrons. The second-order valence-corrected chi connectivity index (χ2v) is 14.9. The van der Waals surface area contributed by atoms with Crippen LogP contribution < -0.4 is 0 Å². The molecule has 0 spiro atoms. The van der Waals surface area contributed by atoms with Crippen LogP contribution in [0.4, 0.5) is 0 Å². The number of aliphatic hydroxyl groups is 1. The quantitative estimate of drug-likeness (QED) is 0.247. The second-order valence-electron chi connectivity index (χ2n) is 14.9. The molecule has 3 nitrogen and oxygen atoms in total. The van der Waals surface area contributed by atoms with Crippen molar-refractivity contribution in [1.29, 1.82) is 0 Å². The van der Waals surface area contributed by atoms with Crippen LogP contribution in [0.3, 0.4) is 0 Å². The molecule has 0 radical (unpaired) electrons. The lowest BCUT2D eigenvalue weighted by Gasteiger charge is -2.60. The number of ether oxygens (including phenoxy) is 1. The van der Waals surface area contributed by atoms with Crippen molar-refractivity contribution in [1.82, 2.24) is 0 Å². The van der Waals surface area contributed by atoms with Crippen LogP contribution in [0.25, 0.3) is 0 Å². The Bertz CT molecular complexity index is 1060. The van der Waals surface area contributed by atoms with Crippen LogP contribution in [0.5, 0.6) is 0 Å². The van der Waals surface area contributed by atoms with E-state index in [-0.39, 0.29) is 12.1 Å². The van der Waals surface area contributed by atoms with Gasteiger partial charge < -0.3 is 9.84 Å². The molecule has 9 atom stereocenters. The average Bonchev–Trinajstić information content (AvgIpc) is 3.36. The van der Waals surface area contributed by atoms with Gasteiger partial charge in [0.15, 0.2) is 0 Å². The Balaban J connectivity index is 1.27. The van der Waals surface area contributed by atoms with Gasteiger partial charge in [0.25, 0.3) is 0 Å². The molecule has 0 amide bonds. The number of benzene rings is 1. The van der Waals surface area contributed by atoms with Crippen molar-refractivity contribution >= 4 is 5.97 Å². The fraction of sp³-hybridized carbons (Fsp3) is 0.757. The van der Waals surface area contributed by atoms with Crippen molar-refractivity contribution in [3.63, 3.8) is 0 Å². The van der Waals surface area contributed by atoms with Crippen molar-refractivity contribution < 1.29 is 14.6 Å². The van der Waals surface area contributed by atoms with Gasteiger partial charge in [-0.15, -0.1) is 0 Å². The third kappa shape index (κ3) is 5.23. The predicted octanol–water partition coefficient (Wildman–Crippen LogP) is 9.39. The van der Waals surface area contributed by atoms with Crippen LogP contribution in [-0.4, -0.2) is 22.8 Å². The highest BCUT2D eigenvalue weighted by molar-refractivity contribution is 5.89. The molecule has 1 aromatic rings. The van der Waals surface area contributed by atoms with Crippen LogP contribution in [0.15, 0.2) is 42.0 Å². The largest absolute Gasteiger partial charge is 0.459 e. The van der Waals surface area contributed by atoms with E-state index in [9.17, 15) is 9.90 Å². The minimum Gasteiger partial charge on any atom is -0.459 e. The van der Waals surface area contributed by atoms with Crippen molar-refractivity contribution in [3.05, 3.63) is 47.5 Å². The molecule has 0 unspecified atom stereocenters. The van der Waals surface area contributed by atoms with Crippen LogP contribution in [-0.2, 0) is 4.74 Å². The van der Waals surface area contributed by atoms with Gasteiger partial charge >= 0.3 is 5.97 Å². The first-order valence-corrected chi connectivity index (χ1v) is 16.7. The molecule has 4 aliphatic carbocycles. The Morgan fingerprint density at radius 1 is 0.975 bits per heavy atom. The first kappa shape index (κ1) is 29.9. The molecule has 1 aromatic carbocycles. The van der Waals surface area contributed by atoms with Gasteiger partial charge in [-0.25, -0.2) is 4.79 Å². The molecule has 0 heterocycles. The summed E-state index contributed by atoms with van der Waals surface area (Å²) in [5, 5.41) is 11.1. The lowest BCUT2D eigenvalue weighted by Crippen LogP contribution is -2.53. The summed E-state index contributed by atoms with van der Waals surface area (Å²) >= 11 is 0. The van der Waals surface area contributed by atoms with E-state index in [1.807, 2.05) is 30.3 Å². The molecule has 0 aliphatic heterocycles. The fourth-order valence-corrected chi connectivity index (χ4v) is 10.4. The molecule has 1 N–H and O–H groups in total. The summed E-state index contributed by atoms with van der Waals surface area (Å²) < 4.78 is 6.06. The topological polar surface area (TPSA) is 46.5 Å². The van der Waals surface area contributed by atoms with E-state index in [0.29, 0.717) is 28.2 Å². The van der Waals surface area contributed by atoms with E-state index in [1.54, 1.807) is 5.57 Å². The van der Waals surface area contributed by atoms with Gasteiger partial charge in [0.1, 0.15) is 6.10 Å². The van der Waals surface area contributed by atoms with E-state index in [0.717, 1.165) is 62.2 Å². The standard InChI is InChI=1S/C37H56O3/c1-7-36(39)23-22-35(6)28(24-36)15-16-29-31(35)20-21-37(8-2)30(17-18-32(29)37)26(5)14-19-33(25(3)4)40-34(38)27-12-10-9-11-13-27/h9-13,15,25-26,29-33,39H,7-8,14,16-24H2,1-6H3/t26-,29-,30-,31+,32+,33-,35+,36+,37-/m1/s1. The highest BCUT2D eigenvalue weighted by Gasteiger charge is 2.60. The number of fused-ring (bicyclic) bond motifs is 5. The highest BCUT2D eigenvalue weighted by Crippen LogP contribution is 2.69. The molecule has 3 fully saturated rings. The van der Waals surface area contributed by atoms with Crippen LogP contribution in [0, 0.1) is 46.3 Å². The number of hydrogen-bond acceptors (Lipinski definition) is 3. The van der Waals surface area contributed by atoms with Gasteiger partial charge in [0.05, 0.1) is 11.2 Å². The van der Waals surface area contributed by atoms with Crippen molar-refractivity contribution in [2.75, 3.05) is 0 Å². The molecule has 0 bridgehead atoms. The lowest BCUT2D eigenvalue weighted by molar-refractivity contribution is -0.0833. The molecule has 4 aliphatic rings. The first-order valence-electron chi connectivity index (χ1n) is 16.7. The van der Waals surface area contributed by atoms with E-state index in [1.165, 1.54) is 38.5 Å². The summed E-state index contributed by atoms with van der Waals surface area (Å²) in [5.74, 6) is 3.99. The summed E-state index contributed by atoms with van der Waals surface area (Å²) in [7, 11) is 0. The van der Waals surface area contributed by atoms with Crippen molar-refractivity contribution in [2.45, 2.75) is 130 Å². The molecule has 3 saturated carbocycles. The predicted molar refractivity (Wildman–Crippen MR) is 164 cm³/mol. The third-order valence-electron chi connectivity index (χ3n) is 13.0. The van der Waals surface area contributed by atoms with Gasteiger partial charge in [-0.05, 0) is 136 Å². The summed E-state index contributed by atoms with van der Waals surface area (Å²) in [4.78, 5) is 12.8. The first-order chi connectivity index (χ1) is 19.1. The van der Waals surface area contributed by atoms with Gasteiger partial charge in [-0.1, -0.05) is 71.4 Å². The maximum absolute atomic E-state index is 12.8. The van der Waals surface area contributed by atoms with Crippen LogP contribution in [0.2, 0.25) is 0 Å². The number of carbonyl (C=O) groups excluding carboxylic acids is 1. The zero-order valence-electron chi connectivity index (χ0n) is 26.3. The summed E-state index contributed by atoms with van der Waals surface area (Å²) in [6.45, 7) is 14.1. The third-order valence-corrected chi connectivity index (χ3v) is 13.0. The maximum atomic E-state index is 12.8. The molecule has 0 aromatic heterocycles. The SMILES string of the molecule is CC[C@]1(O)CC[C@@]2(C)C(=CC[C@H]3[C@@H]4CC[C@H]([C@H](C)CC[C@@H](OC(=O)c5ccccc5)C(C)C)[C@@]4(CC)CC[C@@H]32)C1. The molecular formula is C37H56O3. The zero-order valence-corrected chi connectivity index (χ0v) is 26.3. The smallest absolute Gasteiger partial charge is 0.338 e. The van der Waals surface area contributed by atoms with E-state index >= 15 is 0 Å². The minimum atomic E-state index is -0.475. The van der Waals surface area contributed by atoms with Crippen LogP contribution >= 0.6 is 0 Å². The van der Waals surface area contributed by atoms with Crippen LogP contribution in [0.1, 0.15) is 129 Å². The van der Waals surface area contributed by atoms with E-state index < -0.39 is 5.60 Å². The van der Waals surface area contributed by atoms with Crippen molar-refractivity contribution in [2.24, 2.45) is 46.3 Å². The monoisotopic (exact) mass is 548 g/mol. The summed E-state index contributed by atoms with van der Waals surface area (Å²) in [6.07, 6.45) is 16.6. The molecule has 5 rings (SSSR count). The number of esters is 1. The Labute approximate surface area is 244 Å². The second kappa shape index (κ2) is 11.6. The Hall–Kier alpha value is -1.61. The number of allylic oxidation sites excluding steroid dienone is 1. The zero-order chi connectivity index (χ0) is 28.7. The lowest BCUT2D eigenvalue weighted by atomic mass is 9.45. The Morgan fingerprint density at radius 3 is 2.40 bits per heavy atom. The van der Waals surface area contributed by atoms with Crippen molar-refractivity contribution in [3.8, 4) is 0 Å².